The van der Waals surface area contributed by atoms with Gasteiger partial charge < -0.3 is 10.0 Å². The molecule has 0 amide bonds. The molecule has 0 bridgehead atoms. The fourth-order valence-electron chi connectivity index (χ4n) is 4.16. The Labute approximate surface area is 160 Å². The van der Waals surface area contributed by atoms with E-state index in [1.807, 2.05) is 32.9 Å². The lowest BCUT2D eigenvalue weighted by molar-refractivity contribution is 0.246. The van der Waals surface area contributed by atoms with Gasteiger partial charge >= 0.3 is 0 Å². The maximum absolute atomic E-state index is 10.5. The first-order valence-electron chi connectivity index (χ1n) is 9.57. The van der Waals surface area contributed by atoms with E-state index in [1.54, 1.807) is 6.07 Å². The first-order valence-corrected chi connectivity index (χ1v) is 9.57. The van der Waals surface area contributed by atoms with Gasteiger partial charge in [-0.05, 0) is 76.5 Å². The minimum atomic E-state index is 0.263. The molecular weight excluding hydrogens is 336 g/mol. The zero-order valence-corrected chi connectivity index (χ0v) is 16.5. The Morgan fingerprint density at radius 1 is 1.07 bits per heavy atom. The molecule has 27 heavy (non-hydrogen) atoms. The molecule has 1 atom stereocenters. The summed E-state index contributed by atoms with van der Waals surface area (Å²) in [5.74, 6) is 1.51. The molecular formula is C22H26N4O. The summed E-state index contributed by atoms with van der Waals surface area (Å²) in [6.45, 7) is 8.13. The molecule has 0 spiro atoms. The van der Waals surface area contributed by atoms with Gasteiger partial charge in [-0.2, -0.15) is 0 Å². The van der Waals surface area contributed by atoms with E-state index in [-0.39, 0.29) is 5.75 Å². The molecule has 1 aliphatic heterocycles. The molecule has 0 saturated carbocycles. The number of piperidine rings is 1. The van der Waals surface area contributed by atoms with Crippen molar-refractivity contribution in [3.63, 3.8) is 0 Å². The number of fused-ring (bicyclic) bond motifs is 1. The SMILES string of the molecule is Cc1cc(C)c(-c2ccc3c(C)nc(C4CCCN(C)C4)nc3n2)c(O)c1. The maximum Gasteiger partial charge on any atom is 0.163 e. The molecule has 1 aromatic carbocycles. The molecule has 4 rings (SSSR count). The minimum absolute atomic E-state index is 0.263. The number of pyridine rings is 1. The summed E-state index contributed by atoms with van der Waals surface area (Å²) in [5.41, 5.74) is 5.26. The molecule has 1 fully saturated rings. The highest BCUT2D eigenvalue weighted by Gasteiger charge is 2.22. The number of likely N-dealkylation sites (tertiary alicyclic amines) is 1. The van der Waals surface area contributed by atoms with Gasteiger partial charge in [0.15, 0.2) is 5.65 Å². The van der Waals surface area contributed by atoms with Crippen LogP contribution >= 0.6 is 0 Å². The molecule has 1 N–H and O–H groups in total. The van der Waals surface area contributed by atoms with Gasteiger partial charge in [-0.3, -0.25) is 0 Å². The number of phenols is 1. The standard InChI is InChI=1S/C22H26N4O/c1-13-10-14(2)20(19(27)11-13)18-8-7-17-15(3)23-21(25-22(17)24-18)16-6-5-9-26(4)12-16/h7-8,10-11,16,27H,5-6,9,12H2,1-4H3. The number of likely N-dealkylation sites (N-methyl/N-ethyl adjacent to an activating group) is 1. The highest BCUT2D eigenvalue weighted by Crippen LogP contribution is 2.34. The van der Waals surface area contributed by atoms with Crippen molar-refractivity contribution in [1.29, 1.82) is 0 Å². The topological polar surface area (TPSA) is 62.1 Å². The van der Waals surface area contributed by atoms with E-state index in [1.165, 1.54) is 6.42 Å². The van der Waals surface area contributed by atoms with Crippen molar-refractivity contribution in [2.24, 2.45) is 0 Å². The summed E-state index contributed by atoms with van der Waals surface area (Å²) in [7, 11) is 2.15. The van der Waals surface area contributed by atoms with Crippen molar-refractivity contribution in [2.45, 2.75) is 39.5 Å². The van der Waals surface area contributed by atoms with Crippen molar-refractivity contribution < 1.29 is 5.11 Å². The zero-order chi connectivity index (χ0) is 19.1. The van der Waals surface area contributed by atoms with E-state index in [0.717, 1.165) is 58.8 Å². The summed E-state index contributed by atoms with van der Waals surface area (Å²) < 4.78 is 0. The fourth-order valence-corrected chi connectivity index (χ4v) is 4.16. The number of phenolic OH excluding ortho intramolecular Hbond substituents is 1. The summed E-state index contributed by atoms with van der Waals surface area (Å²) in [6.07, 6.45) is 2.29. The van der Waals surface area contributed by atoms with Crippen LogP contribution in [0.4, 0.5) is 0 Å². The monoisotopic (exact) mass is 362 g/mol. The molecule has 140 valence electrons. The normalized spacial score (nSPS) is 18.1. The quantitative estimate of drug-likeness (QED) is 0.743. The van der Waals surface area contributed by atoms with Crippen molar-refractivity contribution in [3.8, 4) is 17.0 Å². The average Bonchev–Trinajstić information content (AvgIpc) is 2.60. The lowest BCUT2D eigenvalue weighted by Gasteiger charge is -2.28. The Hall–Kier alpha value is -2.53. The lowest BCUT2D eigenvalue weighted by Crippen LogP contribution is -2.31. The van der Waals surface area contributed by atoms with Crippen LogP contribution in [0.15, 0.2) is 24.3 Å². The Balaban J connectivity index is 1.82. The lowest BCUT2D eigenvalue weighted by atomic mass is 9.97. The molecule has 3 aromatic rings. The van der Waals surface area contributed by atoms with Crippen LogP contribution in [0.3, 0.4) is 0 Å². The number of aromatic nitrogens is 3. The second-order valence-electron chi connectivity index (χ2n) is 7.81. The fraction of sp³-hybridized carbons (Fsp3) is 0.409. The number of hydrogen-bond donors (Lipinski definition) is 1. The van der Waals surface area contributed by atoms with E-state index < -0.39 is 0 Å². The molecule has 0 radical (unpaired) electrons. The Bertz CT molecular complexity index is 992. The van der Waals surface area contributed by atoms with Crippen molar-refractivity contribution >= 4 is 11.0 Å². The number of hydrogen-bond acceptors (Lipinski definition) is 5. The Morgan fingerprint density at radius 2 is 1.89 bits per heavy atom. The van der Waals surface area contributed by atoms with Gasteiger partial charge in [0.1, 0.15) is 11.6 Å². The van der Waals surface area contributed by atoms with E-state index in [2.05, 4.69) is 18.0 Å². The zero-order valence-electron chi connectivity index (χ0n) is 16.5. The van der Waals surface area contributed by atoms with Gasteiger partial charge in [0, 0.05) is 23.4 Å². The smallest absolute Gasteiger partial charge is 0.163 e. The summed E-state index contributed by atoms with van der Waals surface area (Å²) in [6, 6.07) is 7.81. The minimum Gasteiger partial charge on any atom is -0.507 e. The number of benzene rings is 1. The number of aromatic hydroxyl groups is 1. The van der Waals surface area contributed by atoms with E-state index >= 15 is 0 Å². The predicted molar refractivity (Wildman–Crippen MR) is 108 cm³/mol. The molecule has 1 unspecified atom stereocenters. The van der Waals surface area contributed by atoms with Crippen LogP contribution in [0.2, 0.25) is 0 Å². The second-order valence-corrected chi connectivity index (χ2v) is 7.81. The number of rotatable bonds is 2. The summed E-state index contributed by atoms with van der Waals surface area (Å²) in [4.78, 5) is 16.8. The van der Waals surface area contributed by atoms with Crippen molar-refractivity contribution in [1.82, 2.24) is 19.9 Å². The van der Waals surface area contributed by atoms with Crippen LogP contribution in [0.1, 0.15) is 41.4 Å². The Morgan fingerprint density at radius 3 is 2.63 bits per heavy atom. The van der Waals surface area contributed by atoms with Crippen LogP contribution in [0, 0.1) is 20.8 Å². The highest BCUT2D eigenvalue weighted by molar-refractivity contribution is 5.82. The second kappa shape index (κ2) is 6.89. The third-order valence-corrected chi connectivity index (χ3v) is 5.47. The number of aryl methyl sites for hydroxylation is 3. The third-order valence-electron chi connectivity index (χ3n) is 5.47. The highest BCUT2D eigenvalue weighted by atomic mass is 16.3. The van der Waals surface area contributed by atoms with Crippen LogP contribution in [-0.2, 0) is 0 Å². The van der Waals surface area contributed by atoms with E-state index in [0.29, 0.717) is 11.6 Å². The molecule has 2 aromatic heterocycles. The van der Waals surface area contributed by atoms with Gasteiger partial charge in [-0.15, -0.1) is 0 Å². The third kappa shape index (κ3) is 3.39. The average molecular weight is 362 g/mol. The van der Waals surface area contributed by atoms with Crippen LogP contribution < -0.4 is 0 Å². The van der Waals surface area contributed by atoms with Gasteiger partial charge in [0.05, 0.1) is 11.4 Å². The maximum atomic E-state index is 10.5. The summed E-state index contributed by atoms with van der Waals surface area (Å²) in [5, 5.41) is 11.4. The van der Waals surface area contributed by atoms with Crippen molar-refractivity contribution in [2.75, 3.05) is 20.1 Å². The molecule has 1 aliphatic rings. The van der Waals surface area contributed by atoms with Crippen LogP contribution in [0.25, 0.3) is 22.3 Å². The van der Waals surface area contributed by atoms with Gasteiger partial charge in [-0.1, -0.05) is 6.07 Å². The van der Waals surface area contributed by atoms with Crippen LogP contribution in [-0.4, -0.2) is 45.1 Å². The molecule has 3 heterocycles. The molecule has 1 saturated heterocycles. The van der Waals surface area contributed by atoms with Crippen LogP contribution in [0.5, 0.6) is 5.75 Å². The van der Waals surface area contributed by atoms with Gasteiger partial charge in [-0.25, -0.2) is 15.0 Å². The van der Waals surface area contributed by atoms with Gasteiger partial charge in [0.2, 0.25) is 0 Å². The largest absolute Gasteiger partial charge is 0.507 e. The first kappa shape index (κ1) is 17.9. The predicted octanol–water partition coefficient (Wildman–Crippen LogP) is 4.13. The van der Waals surface area contributed by atoms with E-state index in [9.17, 15) is 5.11 Å². The molecule has 5 heteroatoms. The first-order chi connectivity index (χ1) is 12.9. The van der Waals surface area contributed by atoms with Crippen molar-refractivity contribution in [3.05, 3.63) is 46.9 Å². The summed E-state index contributed by atoms with van der Waals surface area (Å²) >= 11 is 0. The molecule has 5 nitrogen and oxygen atoms in total. The number of nitrogens with zero attached hydrogens (tertiary/aromatic N) is 4. The van der Waals surface area contributed by atoms with Gasteiger partial charge in [0.25, 0.3) is 0 Å². The van der Waals surface area contributed by atoms with E-state index in [4.69, 9.17) is 15.0 Å². The molecule has 0 aliphatic carbocycles. The Kier molecular flexibility index (Phi) is 4.56.